The molecule has 0 spiro atoms. The summed E-state index contributed by atoms with van der Waals surface area (Å²) >= 11 is 7.26. The lowest BCUT2D eigenvalue weighted by molar-refractivity contribution is -0.118. The monoisotopic (exact) mass is 376 g/mol. The second-order valence-corrected chi connectivity index (χ2v) is 7.29. The lowest BCUT2D eigenvalue weighted by Gasteiger charge is -2.08. The maximum atomic E-state index is 11.8. The minimum atomic E-state index is -0.159. The molecule has 0 heterocycles. The molecule has 0 unspecified atom stereocenters. The van der Waals surface area contributed by atoms with E-state index in [1.807, 2.05) is 36.4 Å². The summed E-state index contributed by atoms with van der Waals surface area (Å²) in [6.45, 7) is 4.90. The lowest BCUT2D eigenvalue weighted by Crippen LogP contribution is -2.19. The molecule has 0 saturated heterocycles. The largest absolute Gasteiger partial charge is 0.493 e. The Hall–Kier alpha value is -1.98. The second kappa shape index (κ2) is 10.1. The Labute approximate surface area is 157 Å². The highest BCUT2D eigenvalue weighted by atomic mass is 35.5. The molecule has 25 heavy (non-hydrogen) atoms. The van der Waals surface area contributed by atoms with Gasteiger partial charge in [-0.25, -0.2) is 5.43 Å². The molecule has 0 radical (unpaired) electrons. The van der Waals surface area contributed by atoms with Gasteiger partial charge in [0.05, 0.1) is 18.6 Å². The summed E-state index contributed by atoms with van der Waals surface area (Å²) in [6.07, 6.45) is 1.61. The van der Waals surface area contributed by atoms with Crippen LogP contribution in [0, 0.1) is 5.92 Å². The average molecular weight is 377 g/mol. The number of carbonyl (C=O) groups is 1. The molecule has 2 aromatic carbocycles. The fourth-order valence-corrected chi connectivity index (χ4v) is 2.62. The van der Waals surface area contributed by atoms with E-state index in [-0.39, 0.29) is 5.91 Å². The first-order chi connectivity index (χ1) is 12.0. The van der Waals surface area contributed by atoms with Crippen molar-refractivity contribution in [1.82, 2.24) is 5.43 Å². The van der Waals surface area contributed by atoms with E-state index in [0.29, 0.717) is 23.3 Å². The van der Waals surface area contributed by atoms with E-state index >= 15 is 0 Å². The Kier molecular flexibility index (Phi) is 7.82. The van der Waals surface area contributed by atoms with Crippen molar-refractivity contribution in [2.45, 2.75) is 18.7 Å². The van der Waals surface area contributed by atoms with E-state index in [0.717, 1.165) is 16.2 Å². The molecule has 0 atom stereocenters. The van der Waals surface area contributed by atoms with Gasteiger partial charge < -0.3 is 4.74 Å². The second-order valence-electron chi connectivity index (χ2n) is 5.81. The Morgan fingerprint density at radius 2 is 1.88 bits per heavy atom. The number of hydrogen-bond donors (Lipinski definition) is 1. The Morgan fingerprint density at radius 1 is 1.20 bits per heavy atom. The van der Waals surface area contributed by atoms with Crippen molar-refractivity contribution in [3.05, 3.63) is 59.1 Å². The van der Waals surface area contributed by atoms with Crippen LogP contribution in [0.15, 0.2) is 58.5 Å². The van der Waals surface area contributed by atoms with Gasteiger partial charge in [-0.15, -0.1) is 11.8 Å². The maximum absolute atomic E-state index is 11.8. The van der Waals surface area contributed by atoms with Crippen LogP contribution in [0.4, 0.5) is 0 Å². The number of ether oxygens (including phenoxy) is 1. The topological polar surface area (TPSA) is 50.7 Å². The van der Waals surface area contributed by atoms with Crippen LogP contribution in [0.2, 0.25) is 5.02 Å². The summed E-state index contributed by atoms with van der Waals surface area (Å²) in [5.74, 6) is 1.45. The summed E-state index contributed by atoms with van der Waals surface area (Å²) in [4.78, 5) is 12.8. The number of benzene rings is 2. The summed E-state index contributed by atoms with van der Waals surface area (Å²) in [5.41, 5.74) is 3.41. The molecule has 2 aromatic rings. The van der Waals surface area contributed by atoms with Crippen molar-refractivity contribution in [3.63, 3.8) is 0 Å². The number of hydrazone groups is 1. The van der Waals surface area contributed by atoms with Crippen molar-refractivity contribution >= 4 is 35.5 Å². The van der Waals surface area contributed by atoms with E-state index < -0.39 is 0 Å². The molecule has 1 N–H and O–H groups in total. The fraction of sp³-hybridized carbons (Fsp3) is 0.263. The zero-order valence-electron chi connectivity index (χ0n) is 14.2. The fourth-order valence-electron chi connectivity index (χ4n) is 1.80. The van der Waals surface area contributed by atoms with Gasteiger partial charge in [-0.05, 0) is 60.0 Å². The molecule has 0 aliphatic rings. The van der Waals surface area contributed by atoms with Crippen LogP contribution in [-0.4, -0.2) is 24.5 Å². The first-order valence-corrected chi connectivity index (χ1v) is 9.32. The number of nitrogens with zero attached hydrogens (tertiary/aromatic N) is 1. The molecule has 0 fully saturated rings. The van der Waals surface area contributed by atoms with Crippen LogP contribution in [0.5, 0.6) is 5.75 Å². The number of rotatable bonds is 8. The van der Waals surface area contributed by atoms with Crippen LogP contribution in [0.1, 0.15) is 19.4 Å². The van der Waals surface area contributed by atoms with Gasteiger partial charge in [0.25, 0.3) is 0 Å². The average Bonchev–Trinajstić information content (AvgIpc) is 2.60. The third kappa shape index (κ3) is 7.63. The summed E-state index contributed by atoms with van der Waals surface area (Å²) in [6, 6.07) is 14.9. The van der Waals surface area contributed by atoms with Gasteiger partial charge in [-0.1, -0.05) is 25.4 Å². The van der Waals surface area contributed by atoms with Gasteiger partial charge in [0, 0.05) is 9.92 Å². The quantitative estimate of drug-likeness (QED) is 0.415. The normalized spacial score (nSPS) is 11.0. The van der Waals surface area contributed by atoms with Gasteiger partial charge in [0.1, 0.15) is 5.75 Å². The first-order valence-electron chi connectivity index (χ1n) is 7.96. The molecule has 6 heteroatoms. The molecule has 0 aliphatic carbocycles. The Bertz CT molecular complexity index is 700. The predicted octanol–water partition coefficient (Wildman–Crippen LogP) is 4.62. The van der Waals surface area contributed by atoms with Gasteiger partial charge >= 0.3 is 0 Å². The number of halogens is 1. The number of hydrogen-bond acceptors (Lipinski definition) is 4. The molecule has 4 nitrogen and oxygen atoms in total. The minimum Gasteiger partial charge on any atom is -0.493 e. The molecule has 0 aliphatic heterocycles. The molecule has 1 amide bonds. The molecular weight excluding hydrogens is 356 g/mol. The van der Waals surface area contributed by atoms with E-state index in [1.54, 1.807) is 18.3 Å². The summed E-state index contributed by atoms with van der Waals surface area (Å²) < 4.78 is 5.62. The van der Waals surface area contributed by atoms with Crippen LogP contribution >= 0.6 is 23.4 Å². The Balaban J connectivity index is 1.74. The molecular formula is C19H21ClN2O2S. The van der Waals surface area contributed by atoms with Crippen molar-refractivity contribution in [3.8, 4) is 5.75 Å². The van der Waals surface area contributed by atoms with Crippen molar-refractivity contribution < 1.29 is 9.53 Å². The standard InChI is InChI=1S/C19H21ClN2O2S/c1-14(2)12-24-17-7-3-15(4-8-17)11-21-22-19(23)13-25-18-9-5-16(20)6-10-18/h3-11,14H,12-13H2,1-2H3,(H,22,23)/b21-11+. The van der Waals surface area contributed by atoms with Gasteiger partial charge in [-0.3, -0.25) is 4.79 Å². The van der Waals surface area contributed by atoms with Crippen molar-refractivity contribution in [2.24, 2.45) is 11.0 Å². The number of amides is 1. The van der Waals surface area contributed by atoms with Crippen LogP contribution < -0.4 is 10.2 Å². The zero-order valence-corrected chi connectivity index (χ0v) is 15.8. The molecule has 2 rings (SSSR count). The maximum Gasteiger partial charge on any atom is 0.250 e. The molecule has 0 saturated carbocycles. The van der Waals surface area contributed by atoms with E-state index in [9.17, 15) is 4.79 Å². The van der Waals surface area contributed by atoms with E-state index in [1.165, 1.54) is 11.8 Å². The van der Waals surface area contributed by atoms with Gasteiger partial charge in [0.15, 0.2) is 0 Å². The number of nitrogens with one attached hydrogen (secondary N) is 1. The van der Waals surface area contributed by atoms with Gasteiger partial charge in [0.2, 0.25) is 5.91 Å². The summed E-state index contributed by atoms with van der Waals surface area (Å²) in [5, 5.41) is 4.65. The minimum absolute atomic E-state index is 0.159. The molecule has 0 bridgehead atoms. The predicted molar refractivity (Wildman–Crippen MR) is 105 cm³/mol. The highest BCUT2D eigenvalue weighted by Crippen LogP contribution is 2.19. The highest BCUT2D eigenvalue weighted by Gasteiger charge is 2.02. The SMILES string of the molecule is CC(C)COc1ccc(/C=N/NC(=O)CSc2ccc(Cl)cc2)cc1. The molecule has 0 aromatic heterocycles. The van der Waals surface area contributed by atoms with Crippen LogP contribution in [-0.2, 0) is 4.79 Å². The van der Waals surface area contributed by atoms with E-state index in [4.69, 9.17) is 16.3 Å². The van der Waals surface area contributed by atoms with Crippen LogP contribution in [0.25, 0.3) is 0 Å². The number of carbonyl (C=O) groups excluding carboxylic acids is 1. The van der Waals surface area contributed by atoms with Crippen molar-refractivity contribution in [2.75, 3.05) is 12.4 Å². The smallest absolute Gasteiger partial charge is 0.250 e. The molecule has 132 valence electrons. The summed E-state index contributed by atoms with van der Waals surface area (Å²) in [7, 11) is 0. The number of thioether (sulfide) groups is 1. The van der Waals surface area contributed by atoms with Crippen LogP contribution in [0.3, 0.4) is 0 Å². The third-order valence-electron chi connectivity index (χ3n) is 3.05. The third-order valence-corrected chi connectivity index (χ3v) is 4.31. The van der Waals surface area contributed by atoms with Crippen molar-refractivity contribution in [1.29, 1.82) is 0 Å². The lowest BCUT2D eigenvalue weighted by atomic mass is 10.2. The Morgan fingerprint density at radius 3 is 2.52 bits per heavy atom. The van der Waals surface area contributed by atoms with Gasteiger partial charge in [-0.2, -0.15) is 5.10 Å². The highest BCUT2D eigenvalue weighted by molar-refractivity contribution is 8.00. The first kappa shape index (κ1) is 19.3. The zero-order chi connectivity index (χ0) is 18.1. The van der Waals surface area contributed by atoms with E-state index in [2.05, 4.69) is 24.4 Å².